The maximum atomic E-state index is 10.2. The number of nitrogens with zero attached hydrogens (tertiary/aromatic N) is 1. The van der Waals surface area contributed by atoms with Gasteiger partial charge in [-0.3, -0.25) is 4.79 Å². The summed E-state index contributed by atoms with van der Waals surface area (Å²) in [5.41, 5.74) is 7.47. The first-order valence-electron chi connectivity index (χ1n) is 5.63. The molecular formula is C15H14N2O2. The Balaban J connectivity index is 0.000000191. The highest BCUT2D eigenvalue weighted by Gasteiger charge is 1.96. The van der Waals surface area contributed by atoms with E-state index in [-0.39, 0.29) is 6.42 Å². The van der Waals surface area contributed by atoms with E-state index >= 15 is 0 Å². The summed E-state index contributed by atoms with van der Waals surface area (Å²) in [6.45, 7) is 0. The number of hydrogen-bond donors (Lipinski definition) is 2. The maximum Gasteiger partial charge on any atom is 0.307 e. The summed E-state index contributed by atoms with van der Waals surface area (Å²) < 4.78 is 0. The third kappa shape index (κ3) is 5.89. The van der Waals surface area contributed by atoms with Crippen molar-refractivity contribution in [2.45, 2.75) is 6.42 Å². The Morgan fingerprint density at radius 2 is 1.84 bits per heavy atom. The summed E-state index contributed by atoms with van der Waals surface area (Å²) in [4.78, 5) is 10.2. The zero-order valence-corrected chi connectivity index (χ0v) is 10.3. The molecule has 2 aromatic carbocycles. The first-order valence-corrected chi connectivity index (χ1v) is 5.63. The summed E-state index contributed by atoms with van der Waals surface area (Å²) in [5.74, 6) is -0.786. The molecule has 0 amide bonds. The first-order chi connectivity index (χ1) is 9.11. The van der Waals surface area contributed by atoms with Gasteiger partial charge in [-0.2, -0.15) is 5.26 Å². The van der Waals surface area contributed by atoms with Crippen LogP contribution in [0.1, 0.15) is 11.1 Å². The van der Waals surface area contributed by atoms with Crippen LogP contribution in [0.15, 0.2) is 54.6 Å². The van der Waals surface area contributed by atoms with Gasteiger partial charge in [0.05, 0.1) is 18.1 Å². The molecule has 0 saturated heterocycles. The van der Waals surface area contributed by atoms with Gasteiger partial charge in [-0.1, -0.05) is 36.4 Å². The highest BCUT2D eigenvalue weighted by molar-refractivity contribution is 5.70. The molecule has 0 aliphatic rings. The van der Waals surface area contributed by atoms with Crippen LogP contribution in [0, 0.1) is 11.3 Å². The van der Waals surface area contributed by atoms with Gasteiger partial charge >= 0.3 is 5.97 Å². The second-order valence-electron chi connectivity index (χ2n) is 3.79. The Morgan fingerprint density at radius 1 is 1.16 bits per heavy atom. The Kier molecular flexibility index (Phi) is 5.64. The lowest BCUT2D eigenvalue weighted by molar-refractivity contribution is -0.136. The fourth-order valence-electron chi connectivity index (χ4n) is 1.38. The number of rotatable bonds is 2. The standard InChI is InChI=1S/C8H8O2.C7H6N2/c9-8(10)6-7-4-2-1-3-5-7;8-5-6-2-1-3-7(9)4-6/h1-5H,6H2,(H,9,10);1-4H,9H2. The fourth-order valence-corrected chi connectivity index (χ4v) is 1.38. The Bertz CT molecular complexity index is 574. The van der Waals surface area contributed by atoms with Gasteiger partial charge in [0.25, 0.3) is 0 Å². The molecule has 0 unspecified atom stereocenters. The highest BCUT2D eigenvalue weighted by Crippen LogP contribution is 2.03. The number of hydrogen-bond acceptors (Lipinski definition) is 3. The zero-order chi connectivity index (χ0) is 14.1. The number of benzene rings is 2. The molecular weight excluding hydrogens is 240 g/mol. The van der Waals surface area contributed by atoms with Crippen LogP contribution >= 0.6 is 0 Å². The topological polar surface area (TPSA) is 87.1 Å². The number of aliphatic carboxylic acids is 1. The van der Waals surface area contributed by atoms with Crippen LogP contribution in [0.5, 0.6) is 0 Å². The van der Waals surface area contributed by atoms with E-state index in [1.165, 1.54) is 0 Å². The molecule has 4 nitrogen and oxygen atoms in total. The summed E-state index contributed by atoms with van der Waals surface area (Å²) >= 11 is 0. The van der Waals surface area contributed by atoms with Gasteiger partial charge in [0.2, 0.25) is 0 Å². The summed E-state index contributed by atoms with van der Waals surface area (Å²) in [6, 6.07) is 18.0. The summed E-state index contributed by atoms with van der Waals surface area (Å²) in [5, 5.41) is 16.7. The SMILES string of the molecule is N#Cc1cccc(N)c1.O=C(O)Cc1ccccc1. The largest absolute Gasteiger partial charge is 0.481 e. The van der Waals surface area contributed by atoms with Crippen molar-refractivity contribution in [1.29, 1.82) is 5.26 Å². The third-order valence-corrected chi connectivity index (χ3v) is 2.21. The average Bonchev–Trinajstić information content (AvgIpc) is 2.40. The van der Waals surface area contributed by atoms with E-state index < -0.39 is 5.97 Å². The molecule has 0 radical (unpaired) electrons. The molecule has 19 heavy (non-hydrogen) atoms. The van der Waals surface area contributed by atoms with Crippen LogP contribution in [0.25, 0.3) is 0 Å². The van der Waals surface area contributed by atoms with Crippen LogP contribution in [-0.2, 0) is 11.2 Å². The minimum absolute atomic E-state index is 0.112. The molecule has 3 N–H and O–H groups in total. The van der Waals surface area contributed by atoms with Crippen LogP contribution in [0.3, 0.4) is 0 Å². The molecule has 0 spiro atoms. The van der Waals surface area contributed by atoms with Gasteiger partial charge < -0.3 is 10.8 Å². The normalized spacial score (nSPS) is 8.79. The summed E-state index contributed by atoms with van der Waals surface area (Å²) in [6.07, 6.45) is 0.112. The predicted molar refractivity (Wildman–Crippen MR) is 73.4 cm³/mol. The van der Waals surface area contributed by atoms with Crippen LogP contribution in [-0.4, -0.2) is 11.1 Å². The van der Waals surface area contributed by atoms with Crippen LogP contribution in [0.2, 0.25) is 0 Å². The molecule has 4 heteroatoms. The zero-order valence-electron chi connectivity index (χ0n) is 10.3. The number of anilines is 1. The molecule has 0 aliphatic carbocycles. The summed E-state index contributed by atoms with van der Waals surface area (Å²) in [7, 11) is 0. The lowest BCUT2D eigenvalue weighted by atomic mass is 10.2. The molecule has 0 atom stereocenters. The molecule has 0 aromatic heterocycles. The lowest BCUT2D eigenvalue weighted by Gasteiger charge is -1.92. The number of nitrogen functional groups attached to an aromatic ring is 1. The quantitative estimate of drug-likeness (QED) is 0.806. The van der Waals surface area contributed by atoms with Crippen LogP contribution in [0.4, 0.5) is 5.69 Å². The lowest BCUT2D eigenvalue weighted by Crippen LogP contribution is -1.98. The Labute approximate surface area is 111 Å². The molecule has 0 aliphatic heterocycles. The van der Waals surface area contributed by atoms with Crippen molar-refractivity contribution in [2.24, 2.45) is 0 Å². The molecule has 2 rings (SSSR count). The van der Waals surface area contributed by atoms with Crippen molar-refractivity contribution >= 4 is 11.7 Å². The Hall–Kier alpha value is -2.80. The molecule has 0 saturated carbocycles. The monoisotopic (exact) mass is 254 g/mol. The van der Waals surface area contributed by atoms with Crippen molar-refractivity contribution < 1.29 is 9.90 Å². The van der Waals surface area contributed by atoms with Crippen molar-refractivity contribution in [3.8, 4) is 6.07 Å². The highest BCUT2D eigenvalue weighted by atomic mass is 16.4. The van der Waals surface area contributed by atoms with Gasteiger partial charge in [-0.05, 0) is 23.8 Å². The van der Waals surface area contributed by atoms with E-state index in [0.29, 0.717) is 11.3 Å². The predicted octanol–water partition coefficient (Wildman–Crippen LogP) is 2.45. The van der Waals surface area contributed by atoms with E-state index in [4.69, 9.17) is 16.1 Å². The number of carboxylic acid groups (broad SMARTS) is 1. The number of nitriles is 1. The minimum atomic E-state index is -0.786. The maximum absolute atomic E-state index is 10.2. The van der Waals surface area contributed by atoms with Gasteiger partial charge in [0.15, 0.2) is 0 Å². The molecule has 2 aromatic rings. The fraction of sp³-hybridized carbons (Fsp3) is 0.0667. The second kappa shape index (κ2) is 7.51. The van der Waals surface area contributed by atoms with Crippen molar-refractivity contribution in [1.82, 2.24) is 0 Å². The molecule has 0 heterocycles. The van der Waals surface area contributed by atoms with Gasteiger partial charge in [0.1, 0.15) is 0 Å². The Morgan fingerprint density at radius 3 is 2.32 bits per heavy atom. The van der Waals surface area contributed by atoms with E-state index in [9.17, 15) is 4.79 Å². The van der Waals surface area contributed by atoms with E-state index in [2.05, 4.69) is 0 Å². The average molecular weight is 254 g/mol. The molecule has 0 bridgehead atoms. The molecule has 0 fully saturated rings. The minimum Gasteiger partial charge on any atom is -0.481 e. The number of carbonyl (C=O) groups is 1. The third-order valence-electron chi connectivity index (χ3n) is 2.21. The van der Waals surface area contributed by atoms with Gasteiger partial charge in [-0.15, -0.1) is 0 Å². The van der Waals surface area contributed by atoms with E-state index in [0.717, 1.165) is 5.56 Å². The van der Waals surface area contributed by atoms with Gasteiger partial charge in [0, 0.05) is 5.69 Å². The van der Waals surface area contributed by atoms with E-state index in [1.54, 1.807) is 36.4 Å². The number of carboxylic acids is 1. The van der Waals surface area contributed by atoms with Crippen LogP contribution < -0.4 is 5.73 Å². The van der Waals surface area contributed by atoms with Crippen molar-refractivity contribution in [3.05, 3.63) is 65.7 Å². The van der Waals surface area contributed by atoms with Crippen molar-refractivity contribution in [2.75, 3.05) is 5.73 Å². The second-order valence-corrected chi connectivity index (χ2v) is 3.79. The smallest absolute Gasteiger partial charge is 0.307 e. The van der Waals surface area contributed by atoms with Gasteiger partial charge in [-0.25, -0.2) is 0 Å². The van der Waals surface area contributed by atoms with Crippen molar-refractivity contribution in [3.63, 3.8) is 0 Å². The molecule has 96 valence electrons. The number of nitrogens with two attached hydrogens (primary N) is 1. The van der Waals surface area contributed by atoms with E-state index in [1.807, 2.05) is 24.3 Å². The first kappa shape index (κ1) is 14.3.